The number of carbonyl (C=O) groups is 2. The van der Waals surface area contributed by atoms with Crippen LogP contribution >= 0.6 is 11.6 Å². The van der Waals surface area contributed by atoms with Crippen molar-refractivity contribution in [3.05, 3.63) is 69.7 Å². The quantitative estimate of drug-likeness (QED) is 0.120. The fourth-order valence-corrected chi connectivity index (χ4v) is 4.81. The molecule has 0 saturated carbocycles. The van der Waals surface area contributed by atoms with Crippen LogP contribution in [0.25, 0.3) is 10.9 Å². The van der Waals surface area contributed by atoms with Gasteiger partial charge in [0.2, 0.25) is 5.75 Å². The minimum atomic E-state index is -0.760. The van der Waals surface area contributed by atoms with Gasteiger partial charge in [0, 0.05) is 23.6 Å². The molecule has 13 heteroatoms. The molecule has 0 saturated heterocycles. The molecule has 4 rings (SSSR count). The van der Waals surface area contributed by atoms with Gasteiger partial charge >= 0.3 is 6.09 Å². The van der Waals surface area contributed by atoms with Crippen molar-refractivity contribution in [1.82, 2.24) is 15.2 Å². The predicted octanol–water partition coefficient (Wildman–Crippen LogP) is 4.57. The van der Waals surface area contributed by atoms with Crippen LogP contribution in [0.5, 0.6) is 17.2 Å². The lowest BCUT2D eigenvalue weighted by Crippen LogP contribution is -2.38. The number of rotatable bonds is 10. The first-order valence-electron chi connectivity index (χ1n) is 11.8. The van der Waals surface area contributed by atoms with Gasteiger partial charge in [0.15, 0.2) is 17.3 Å². The zero-order valence-electron chi connectivity index (χ0n) is 21.6. The van der Waals surface area contributed by atoms with Crippen molar-refractivity contribution >= 4 is 40.1 Å². The smallest absolute Gasteiger partial charge is 0.413 e. The molecule has 3 aromatic rings. The third-order valence-corrected chi connectivity index (χ3v) is 6.78. The van der Waals surface area contributed by atoms with Crippen LogP contribution in [0.4, 0.5) is 10.5 Å². The highest BCUT2D eigenvalue weighted by Gasteiger charge is 2.37. The number of non-ortho nitro benzene ring substituents is 1. The summed E-state index contributed by atoms with van der Waals surface area (Å²) >= 11 is 6.16. The number of hydrogen-bond donors (Lipinski definition) is 2. The molecule has 2 aromatic carbocycles. The molecule has 0 radical (unpaired) electrons. The second-order valence-corrected chi connectivity index (χ2v) is 8.93. The number of methoxy groups -OCH3 is 3. The number of alkyl carbamates (subject to hydrolysis) is 1. The van der Waals surface area contributed by atoms with Crippen LogP contribution in [0.2, 0.25) is 0 Å². The molecule has 0 spiro atoms. The van der Waals surface area contributed by atoms with Gasteiger partial charge in [-0.05, 0) is 42.8 Å². The third-order valence-electron chi connectivity index (χ3n) is 6.52. The number of amides is 1. The number of benzene rings is 2. The average molecular weight is 559 g/mol. The zero-order chi connectivity index (χ0) is 28.3. The third kappa shape index (κ3) is 5.41. The summed E-state index contributed by atoms with van der Waals surface area (Å²) < 4.78 is 21.6. The zero-order valence-corrected chi connectivity index (χ0v) is 22.4. The molecule has 2 N–H and O–H groups in total. The standard InChI is InChI=1S/C26H27ClN4O8/c1-14-18(23(32)19-9-16-10-20(36-2)24(37-3)25(38-4)22(16)28-19)11-21(30(14)13-27)29-26(33)39-12-15-5-7-17(8-6-15)31(34)35/h5-11,14,18,28H,12-13H2,1-4H3,(H,29,33). The lowest BCUT2D eigenvalue weighted by atomic mass is 9.96. The van der Waals surface area contributed by atoms with Gasteiger partial charge in [0.1, 0.15) is 12.4 Å². The number of nitro benzene ring substituents is 1. The molecule has 12 nitrogen and oxygen atoms in total. The Morgan fingerprint density at radius 3 is 2.38 bits per heavy atom. The number of ether oxygens (including phenoxy) is 4. The fourth-order valence-electron chi connectivity index (χ4n) is 4.46. The van der Waals surface area contributed by atoms with Gasteiger partial charge in [0.05, 0.1) is 49.4 Å². The number of aromatic nitrogens is 1. The number of halogens is 1. The molecular weight excluding hydrogens is 532 g/mol. The minimum absolute atomic E-state index is 0.0222. The number of ketones is 1. The van der Waals surface area contributed by atoms with Gasteiger partial charge in [-0.2, -0.15) is 0 Å². The van der Waals surface area contributed by atoms with Gasteiger partial charge in [-0.3, -0.25) is 20.2 Å². The summed E-state index contributed by atoms with van der Waals surface area (Å²) in [6.45, 7) is 1.73. The van der Waals surface area contributed by atoms with Crippen LogP contribution in [0.15, 0.2) is 48.3 Å². The monoisotopic (exact) mass is 558 g/mol. The first-order chi connectivity index (χ1) is 18.7. The van der Waals surface area contributed by atoms with E-state index in [1.165, 1.54) is 45.6 Å². The van der Waals surface area contributed by atoms with E-state index < -0.39 is 16.9 Å². The Hall–Kier alpha value is -4.45. The van der Waals surface area contributed by atoms with E-state index in [4.69, 9.17) is 30.5 Å². The van der Waals surface area contributed by atoms with Crippen molar-refractivity contribution in [3.63, 3.8) is 0 Å². The van der Waals surface area contributed by atoms with E-state index in [1.807, 2.05) is 6.92 Å². The molecule has 2 heterocycles. The van der Waals surface area contributed by atoms with E-state index in [1.54, 1.807) is 23.1 Å². The number of nitrogens with zero attached hydrogens (tertiary/aromatic N) is 2. The van der Waals surface area contributed by atoms with Gasteiger partial charge in [-0.15, -0.1) is 11.6 Å². The molecular formula is C26H27ClN4O8. The highest BCUT2D eigenvalue weighted by atomic mass is 35.5. The van der Waals surface area contributed by atoms with E-state index in [0.717, 1.165) is 0 Å². The van der Waals surface area contributed by atoms with E-state index in [9.17, 15) is 19.7 Å². The van der Waals surface area contributed by atoms with Crippen LogP contribution in [-0.4, -0.2) is 60.1 Å². The summed E-state index contributed by atoms with van der Waals surface area (Å²) in [7, 11) is 4.51. The van der Waals surface area contributed by atoms with Crippen LogP contribution < -0.4 is 19.5 Å². The highest BCUT2D eigenvalue weighted by molar-refractivity contribution is 6.17. The summed E-state index contributed by atoms with van der Waals surface area (Å²) in [5, 5.41) is 14.1. The molecule has 206 valence electrons. The fraction of sp³-hybridized carbons (Fsp3) is 0.308. The van der Waals surface area contributed by atoms with Crippen molar-refractivity contribution < 1.29 is 33.5 Å². The van der Waals surface area contributed by atoms with E-state index in [-0.39, 0.29) is 30.1 Å². The Morgan fingerprint density at radius 2 is 1.79 bits per heavy atom. The molecule has 0 bridgehead atoms. The molecule has 39 heavy (non-hydrogen) atoms. The number of hydrogen-bond acceptors (Lipinski definition) is 9. The number of carbonyl (C=O) groups excluding carboxylic acids is 2. The molecule has 1 aliphatic heterocycles. The minimum Gasteiger partial charge on any atom is -0.493 e. The number of Topliss-reactive ketones (excluding diaryl/α,β-unsaturated/α-hetero) is 1. The normalized spacial score (nSPS) is 16.5. The Bertz CT molecular complexity index is 1440. The Labute approximate surface area is 228 Å². The van der Waals surface area contributed by atoms with Crippen molar-refractivity contribution in [2.24, 2.45) is 5.92 Å². The van der Waals surface area contributed by atoms with Gasteiger partial charge < -0.3 is 28.8 Å². The van der Waals surface area contributed by atoms with Crippen LogP contribution in [0.1, 0.15) is 23.0 Å². The maximum absolute atomic E-state index is 13.6. The summed E-state index contributed by atoms with van der Waals surface area (Å²) in [6, 6.07) is 8.77. The van der Waals surface area contributed by atoms with Crippen molar-refractivity contribution in [3.8, 4) is 17.2 Å². The molecule has 0 fully saturated rings. The Balaban J connectivity index is 1.52. The largest absolute Gasteiger partial charge is 0.493 e. The molecule has 1 aliphatic rings. The summed E-state index contributed by atoms with van der Waals surface area (Å²) in [6.07, 6.45) is 0.872. The average Bonchev–Trinajstić information content (AvgIpc) is 3.50. The topological polar surface area (TPSA) is 145 Å². The first kappa shape index (κ1) is 27.6. The Morgan fingerprint density at radius 1 is 1.10 bits per heavy atom. The number of aromatic amines is 1. The second kappa shape index (κ2) is 11.5. The van der Waals surface area contributed by atoms with Crippen molar-refractivity contribution in [1.29, 1.82) is 0 Å². The summed E-state index contributed by atoms with van der Waals surface area (Å²) in [5.41, 5.74) is 1.43. The number of H-pyrrole nitrogens is 1. The molecule has 1 amide bonds. The first-order valence-corrected chi connectivity index (χ1v) is 12.3. The Kier molecular flexibility index (Phi) is 8.15. The number of alkyl halides is 1. The van der Waals surface area contributed by atoms with Crippen molar-refractivity contribution in [2.75, 3.05) is 27.3 Å². The van der Waals surface area contributed by atoms with Crippen molar-refractivity contribution in [2.45, 2.75) is 19.6 Å². The molecule has 2 atom stereocenters. The maximum Gasteiger partial charge on any atom is 0.413 e. The summed E-state index contributed by atoms with van der Waals surface area (Å²) in [4.78, 5) is 41.2. The second-order valence-electron chi connectivity index (χ2n) is 8.69. The number of nitro groups is 1. The summed E-state index contributed by atoms with van der Waals surface area (Å²) in [5.74, 6) is 0.750. The molecule has 0 aliphatic carbocycles. The highest BCUT2D eigenvalue weighted by Crippen LogP contribution is 2.43. The van der Waals surface area contributed by atoms with Crippen LogP contribution in [0, 0.1) is 16.0 Å². The van der Waals surface area contributed by atoms with E-state index in [2.05, 4.69) is 10.3 Å². The lowest BCUT2D eigenvalue weighted by Gasteiger charge is -2.26. The van der Waals surface area contributed by atoms with Crippen LogP contribution in [-0.2, 0) is 11.3 Å². The van der Waals surface area contributed by atoms with E-state index in [0.29, 0.717) is 45.2 Å². The van der Waals surface area contributed by atoms with Gasteiger partial charge in [0.25, 0.3) is 5.69 Å². The number of nitrogens with one attached hydrogen (secondary N) is 2. The number of fused-ring (bicyclic) bond motifs is 1. The van der Waals surface area contributed by atoms with Crippen LogP contribution in [0.3, 0.4) is 0 Å². The lowest BCUT2D eigenvalue weighted by molar-refractivity contribution is -0.384. The van der Waals surface area contributed by atoms with Gasteiger partial charge in [-0.25, -0.2) is 4.79 Å². The molecule has 2 unspecified atom stereocenters. The SMILES string of the molecule is COc1cc2cc(C(=O)C3C=C(NC(=O)OCc4ccc([N+](=O)[O-])cc4)N(CCl)C3C)[nH]c2c(OC)c1OC. The predicted molar refractivity (Wildman–Crippen MR) is 142 cm³/mol. The van der Waals surface area contributed by atoms with Gasteiger partial charge in [-0.1, -0.05) is 0 Å². The van der Waals surface area contributed by atoms with E-state index >= 15 is 0 Å². The maximum atomic E-state index is 13.6. The molecule has 1 aromatic heterocycles.